The summed E-state index contributed by atoms with van der Waals surface area (Å²) in [5.41, 5.74) is 0.790. The number of aromatic nitrogens is 1. The van der Waals surface area contributed by atoms with E-state index < -0.39 is 11.0 Å². The van der Waals surface area contributed by atoms with Crippen molar-refractivity contribution in [3.05, 3.63) is 64.4 Å². The van der Waals surface area contributed by atoms with Gasteiger partial charge in [0.25, 0.3) is 0 Å². The highest BCUT2D eigenvalue weighted by Gasteiger charge is 2.52. The van der Waals surface area contributed by atoms with Crippen molar-refractivity contribution in [1.29, 1.82) is 0 Å². The zero-order valence-corrected chi connectivity index (χ0v) is 15.4. The fraction of sp³-hybridized carbons (Fsp3) is 0.350. The second kappa shape index (κ2) is 5.81. The Bertz CT molecular complexity index is 894. The summed E-state index contributed by atoms with van der Waals surface area (Å²) in [5, 5.41) is 0.639. The van der Waals surface area contributed by atoms with Crippen molar-refractivity contribution in [1.82, 2.24) is 9.88 Å². The molecule has 26 heavy (non-hydrogen) atoms. The molecular formula is C20H19ClN2O3. The topological polar surface area (TPSA) is 59.5 Å². The van der Waals surface area contributed by atoms with Crippen molar-refractivity contribution in [2.75, 3.05) is 13.1 Å². The molecule has 3 heterocycles. The van der Waals surface area contributed by atoms with Crippen molar-refractivity contribution in [3.63, 3.8) is 0 Å². The van der Waals surface area contributed by atoms with Crippen molar-refractivity contribution in [2.45, 2.75) is 31.3 Å². The van der Waals surface area contributed by atoms with Gasteiger partial charge in [-0.25, -0.2) is 4.79 Å². The third-order valence-electron chi connectivity index (χ3n) is 5.44. The maximum Gasteiger partial charge on any atom is 0.341 e. The third kappa shape index (κ3) is 2.50. The van der Waals surface area contributed by atoms with Crippen LogP contribution in [0.15, 0.2) is 42.7 Å². The second-order valence-corrected chi connectivity index (χ2v) is 7.85. The molecule has 1 atom stereocenters. The van der Waals surface area contributed by atoms with Gasteiger partial charge in [0.1, 0.15) is 0 Å². The molecule has 0 bridgehead atoms. The van der Waals surface area contributed by atoms with E-state index in [9.17, 15) is 9.59 Å². The van der Waals surface area contributed by atoms with Gasteiger partial charge in [-0.3, -0.25) is 9.78 Å². The van der Waals surface area contributed by atoms with Crippen molar-refractivity contribution in [2.24, 2.45) is 0 Å². The van der Waals surface area contributed by atoms with Crippen LogP contribution in [0.5, 0.6) is 0 Å². The highest BCUT2D eigenvalue weighted by Crippen LogP contribution is 2.44. The van der Waals surface area contributed by atoms with Crippen molar-refractivity contribution >= 4 is 23.5 Å². The SMILES string of the molecule is CC(C)(C(=O)N1CC[C@@]2(C1)OC(=O)c1cnccc12)c1ccc(Cl)cc1. The number of halogens is 1. The van der Waals surface area contributed by atoms with Crippen LogP contribution in [0.3, 0.4) is 0 Å². The molecule has 0 N–H and O–H groups in total. The largest absolute Gasteiger partial charge is 0.449 e. The first-order valence-electron chi connectivity index (χ1n) is 8.57. The molecule has 0 aliphatic carbocycles. The number of fused-ring (bicyclic) bond motifs is 2. The van der Waals surface area contributed by atoms with Gasteiger partial charge in [0.15, 0.2) is 5.60 Å². The molecule has 0 radical (unpaired) electrons. The molecule has 2 aromatic rings. The van der Waals surface area contributed by atoms with Crippen LogP contribution in [0.1, 0.15) is 41.8 Å². The summed E-state index contributed by atoms with van der Waals surface area (Å²) in [6, 6.07) is 9.16. The summed E-state index contributed by atoms with van der Waals surface area (Å²) >= 11 is 5.96. The Morgan fingerprint density at radius 1 is 1.27 bits per heavy atom. The number of pyridine rings is 1. The van der Waals surface area contributed by atoms with E-state index in [1.54, 1.807) is 23.2 Å². The summed E-state index contributed by atoms with van der Waals surface area (Å²) in [7, 11) is 0. The van der Waals surface area contributed by atoms with Gasteiger partial charge in [-0.2, -0.15) is 0 Å². The first-order valence-corrected chi connectivity index (χ1v) is 8.95. The molecule has 1 amide bonds. The number of nitrogens with zero attached hydrogens (tertiary/aromatic N) is 2. The van der Waals surface area contributed by atoms with Crippen LogP contribution < -0.4 is 0 Å². The Hall–Kier alpha value is -2.40. The van der Waals surface area contributed by atoms with E-state index in [0.29, 0.717) is 30.1 Å². The normalized spacial score (nSPS) is 21.8. The predicted octanol–water partition coefficient (Wildman–Crippen LogP) is 3.31. The van der Waals surface area contributed by atoms with Crippen molar-refractivity contribution in [3.8, 4) is 0 Å². The summed E-state index contributed by atoms with van der Waals surface area (Å²) < 4.78 is 5.70. The number of ether oxygens (including phenoxy) is 1. The maximum absolute atomic E-state index is 13.2. The molecular weight excluding hydrogens is 352 g/mol. The van der Waals surface area contributed by atoms with Crippen molar-refractivity contribution < 1.29 is 14.3 Å². The molecule has 1 saturated heterocycles. The number of likely N-dealkylation sites (tertiary alicyclic amines) is 1. The number of esters is 1. The quantitative estimate of drug-likeness (QED) is 0.761. The van der Waals surface area contributed by atoms with Crippen LogP contribution in [0.4, 0.5) is 0 Å². The van der Waals surface area contributed by atoms with Gasteiger partial charge >= 0.3 is 5.97 Å². The van der Waals surface area contributed by atoms with Gasteiger partial charge in [-0.05, 0) is 37.6 Å². The molecule has 1 fully saturated rings. The van der Waals surface area contributed by atoms with Gasteiger partial charge in [0.2, 0.25) is 5.91 Å². The van der Waals surface area contributed by atoms with Gasteiger partial charge in [0, 0.05) is 35.9 Å². The Morgan fingerprint density at radius 3 is 2.73 bits per heavy atom. The summed E-state index contributed by atoms with van der Waals surface area (Å²) in [6.07, 6.45) is 3.79. The lowest BCUT2D eigenvalue weighted by Gasteiger charge is -2.31. The van der Waals surface area contributed by atoms with E-state index in [2.05, 4.69) is 4.98 Å². The molecule has 1 aromatic carbocycles. The molecule has 0 unspecified atom stereocenters. The minimum Gasteiger partial charge on any atom is -0.449 e. The van der Waals surface area contributed by atoms with Crippen LogP contribution in [0.25, 0.3) is 0 Å². The first-order chi connectivity index (χ1) is 12.3. The molecule has 0 saturated carbocycles. The lowest BCUT2D eigenvalue weighted by molar-refractivity contribution is -0.136. The Balaban J connectivity index is 1.60. The third-order valence-corrected chi connectivity index (χ3v) is 5.69. The average Bonchev–Trinajstić information content (AvgIpc) is 3.17. The summed E-state index contributed by atoms with van der Waals surface area (Å²) in [5.74, 6) is -0.352. The molecule has 4 rings (SSSR count). The monoisotopic (exact) mass is 370 g/mol. The minimum atomic E-state index is -0.749. The number of carbonyl (C=O) groups excluding carboxylic acids is 2. The van der Waals surface area contributed by atoms with Crippen LogP contribution in [0, 0.1) is 0 Å². The first kappa shape index (κ1) is 17.0. The lowest BCUT2D eigenvalue weighted by atomic mass is 9.83. The molecule has 5 nitrogen and oxygen atoms in total. The number of hydrogen-bond acceptors (Lipinski definition) is 4. The highest BCUT2D eigenvalue weighted by atomic mass is 35.5. The number of hydrogen-bond donors (Lipinski definition) is 0. The van der Waals surface area contributed by atoms with E-state index >= 15 is 0 Å². The van der Waals surface area contributed by atoms with Gasteiger partial charge in [0.05, 0.1) is 17.5 Å². The smallest absolute Gasteiger partial charge is 0.341 e. The molecule has 134 valence electrons. The number of carbonyl (C=O) groups is 2. The molecule has 1 spiro atoms. The van der Waals surface area contributed by atoms with Crippen LogP contribution in [0.2, 0.25) is 5.02 Å². The van der Waals surface area contributed by atoms with E-state index in [1.807, 2.05) is 32.0 Å². The average molecular weight is 371 g/mol. The zero-order valence-electron chi connectivity index (χ0n) is 14.7. The van der Waals surface area contributed by atoms with Gasteiger partial charge in [-0.1, -0.05) is 23.7 Å². The number of amides is 1. The Labute approximate surface area is 156 Å². The second-order valence-electron chi connectivity index (χ2n) is 7.41. The zero-order chi connectivity index (χ0) is 18.5. The predicted molar refractivity (Wildman–Crippen MR) is 97.0 cm³/mol. The standard InChI is InChI=1S/C20H19ClN2O3/c1-19(2,13-3-5-14(21)6-4-13)18(25)23-10-8-20(12-23)16-7-9-22-11-15(16)17(24)26-20/h3-7,9,11H,8,10,12H2,1-2H3/t20-/m0/s1. The number of rotatable bonds is 2. The fourth-order valence-electron chi connectivity index (χ4n) is 3.89. The molecule has 2 aliphatic heterocycles. The molecule has 2 aliphatic rings. The van der Waals surface area contributed by atoms with E-state index in [0.717, 1.165) is 11.1 Å². The number of benzene rings is 1. The summed E-state index contributed by atoms with van der Waals surface area (Å²) in [6.45, 7) is 4.72. The van der Waals surface area contributed by atoms with Crippen LogP contribution in [-0.4, -0.2) is 34.8 Å². The molecule has 6 heteroatoms. The lowest BCUT2D eigenvalue weighted by Crippen LogP contribution is -2.44. The van der Waals surface area contributed by atoms with E-state index in [4.69, 9.17) is 16.3 Å². The van der Waals surface area contributed by atoms with E-state index in [-0.39, 0.29) is 11.9 Å². The van der Waals surface area contributed by atoms with Crippen LogP contribution in [-0.2, 0) is 20.5 Å². The minimum absolute atomic E-state index is 0.00949. The Morgan fingerprint density at radius 2 is 2.00 bits per heavy atom. The molecule has 1 aromatic heterocycles. The van der Waals surface area contributed by atoms with E-state index in [1.165, 1.54) is 6.20 Å². The fourth-order valence-corrected chi connectivity index (χ4v) is 4.01. The Kier molecular flexibility index (Phi) is 3.81. The highest BCUT2D eigenvalue weighted by molar-refractivity contribution is 6.30. The maximum atomic E-state index is 13.2. The van der Waals surface area contributed by atoms with Crippen LogP contribution >= 0.6 is 11.6 Å². The summed E-state index contributed by atoms with van der Waals surface area (Å²) in [4.78, 5) is 31.2. The van der Waals surface area contributed by atoms with Gasteiger partial charge < -0.3 is 9.64 Å². The van der Waals surface area contributed by atoms with Gasteiger partial charge in [-0.15, -0.1) is 0 Å².